The molecule has 1 aromatic heterocycles. The second-order valence-corrected chi connectivity index (χ2v) is 8.32. The molecule has 0 bridgehead atoms. The Morgan fingerprint density at radius 1 is 1.30 bits per heavy atom. The first-order valence-electron chi connectivity index (χ1n) is 9.76. The molecule has 11 nitrogen and oxygen atoms in total. The van der Waals surface area contributed by atoms with Crippen LogP contribution in [0.4, 0.5) is 10.1 Å². The van der Waals surface area contributed by atoms with E-state index in [-0.39, 0.29) is 10.6 Å². The number of nitrogens with zero attached hydrogens (tertiary/aromatic N) is 1. The van der Waals surface area contributed by atoms with Crippen LogP contribution in [-0.2, 0) is 26.2 Å². The van der Waals surface area contributed by atoms with Gasteiger partial charge in [-0.2, -0.15) is 0 Å². The second-order valence-electron chi connectivity index (χ2n) is 6.64. The molecular formula is C20H27FN6O5S. The fourth-order valence-electron chi connectivity index (χ4n) is 2.66. The van der Waals surface area contributed by atoms with Gasteiger partial charge in [-0.25, -0.2) is 12.8 Å². The van der Waals surface area contributed by atoms with Gasteiger partial charge in [0.1, 0.15) is 24.3 Å². The summed E-state index contributed by atoms with van der Waals surface area (Å²) < 4.78 is 41.2. The van der Waals surface area contributed by atoms with Crippen LogP contribution in [0.5, 0.6) is 0 Å². The lowest BCUT2D eigenvalue weighted by Crippen LogP contribution is -2.40. The summed E-state index contributed by atoms with van der Waals surface area (Å²) in [6.45, 7) is 0.290. The lowest BCUT2D eigenvalue weighted by atomic mass is 10.2. The molecule has 0 saturated heterocycles. The third-order valence-electron chi connectivity index (χ3n) is 4.14. The van der Waals surface area contributed by atoms with Crippen molar-refractivity contribution < 1.29 is 22.4 Å². The van der Waals surface area contributed by atoms with Gasteiger partial charge in [0.25, 0.3) is 15.6 Å². The van der Waals surface area contributed by atoms with Gasteiger partial charge in [0, 0.05) is 6.20 Å². The van der Waals surface area contributed by atoms with Crippen molar-refractivity contribution in [2.45, 2.75) is 30.3 Å². The van der Waals surface area contributed by atoms with E-state index in [1.165, 1.54) is 30.5 Å². The summed E-state index contributed by atoms with van der Waals surface area (Å²) >= 11 is 0. The quantitative estimate of drug-likeness (QED) is 0.130. The highest BCUT2D eigenvalue weighted by Crippen LogP contribution is 2.14. The summed E-state index contributed by atoms with van der Waals surface area (Å²) in [5.41, 5.74) is 3.33. The Hall–Kier alpha value is -3.58. The van der Waals surface area contributed by atoms with Gasteiger partial charge >= 0.3 is 0 Å². The zero-order valence-corrected chi connectivity index (χ0v) is 18.8. The Bertz CT molecular complexity index is 1110. The van der Waals surface area contributed by atoms with Crippen molar-refractivity contribution in [1.29, 1.82) is 5.41 Å². The topological polar surface area (TPSA) is 176 Å². The molecule has 0 unspecified atom stereocenters. The maximum absolute atomic E-state index is 13.3. The molecule has 2 aromatic rings. The number of amides is 1. The minimum absolute atomic E-state index is 0.296. The maximum Gasteiger partial charge on any atom is 0.275 e. The number of sulfonamides is 1. The van der Waals surface area contributed by atoms with Gasteiger partial charge in [0.05, 0.1) is 17.3 Å². The van der Waals surface area contributed by atoms with E-state index >= 15 is 0 Å². The summed E-state index contributed by atoms with van der Waals surface area (Å²) in [4.78, 5) is 35.5. The molecule has 0 aliphatic carbocycles. The number of carbonyl (C=O) groups is 2. The first-order chi connectivity index (χ1) is 15.7. The van der Waals surface area contributed by atoms with Crippen molar-refractivity contribution in [2.24, 2.45) is 5.73 Å². The number of nitrogens with one attached hydrogen (secondary N) is 4. The molecular weight excluding hydrogens is 455 g/mol. The molecule has 2 rings (SSSR count). The van der Waals surface area contributed by atoms with Gasteiger partial charge in [-0.1, -0.05) is 6.07 Å². The van der Waals surface area contributed by atoms with Gasteiger partial charge in [0.15, 0.2) is 0 Å². The number of pyridine rings is 1. The third-order valence-corrected chi connectivity index (χ3v) is 5.50. The molecule has 13 heteroatoms. The van der Waals surface area contributed by atoms with E-state index in [0.29, 0.717) is 25.7 Å². The first-order valence-corrected chi connectivity index (χ1v) is 11.2. The van der Waals surface area contributed by atoms with Crippen molar-refractivity contribution in [3.05, 3.63) is 58.8 Å². The van der Waals surface area contributed by atoms with Crippen molar-refractivity contribution in [3.63, 3.8) is 0 Å². The van der Waals surface area contributed by atoms with Crippen molar-refractivity contribution in [1.82, 2.24) is 15.2 Å². The highest BCUT2D eigenvalue weighted by molar-refractivity contribution is 7.92. The highest BCUT2D eigenvalue weighted by Gasteiger charge is 2.18. The molecule has 0 spiro atoms. The van der Waals surface area contributed by atoms with Gasteiger partial charge in [0.2, 0.25) is 5.91 Å². The molecule has 0 aliphatic heterocycles. The summed E-state index contributed by atoms with van der Waals surface area (Å²) in [6, 6.07) is 6.28. The fourth-order valence-corrected chi connectivity index (χ4v) is 3.75. The molecule has 0 aliphatic rings. The summed E-state index contributed by atoms with van der Waals surface area (Å²) in [5, 5.41) is 11.3. The largest absolute Gasteiger partial charge is 0.390 e. The number of rotatable bonds is 11. The molecule has 1 heterocycles. The number of aromatic nitrogens is 1. The fraction of sp³-hybridized carbons (Fsp3) is 0.300. The standard InChI is InChI=1S/C19H23FN4O5S.CH4N2/c1-21-9-3-6-15(13-25)22-18(26)12-24-10-4-8-17(19(24)27)23-30(28,29)16-7-2-5-14(20)11-16;2-1-3/h2,4-5,7-8,10-11,13,15,21,23H,3,6,9,12H2,1H3,(H,22,26);1H,(H3,2,3)/t15-;/m0./s1. The zero-order valence-electron chi connectivity index (χ0n) is 18.0. The van der Waals surface area contributed by atoms with Crippen LogP contribution in [0.15, 0.2) is 52.3 Å². The van der Waals surface area contributed by atoms with E-state index < -0.39 is 39.9 Å². The molecule has 0 saturated carbocycles. The molecule has 1 atom stereocenters. The van der Waals surface area contributed by atoms with E-state index in [1.807, 2.05) is 0 Å². The van der Waals surface area contributed by atoms with E-state index in [1.54, 1.807) is 7.05 Å². The summed E-state index contributed by atoms with van der Waals surface area (Å²) in [7, 11) is -2.42. The number of hydrogen-bond donors (Lipinski definition) is 5. The van der Waals surface area contributed by atoms with E-state index in [9.17, 15) is 27.2 Å². The number of anilines is 1. The lowest BCUT2D eigenvalue weighted by Gasteiger charge is -2.14. The molecule has 6 N–H and O–H groups in total. The lowest BCUT2D eigenvalue weighted by molar-refractivity contribution is -0.124. The molecule has 0 fully saturated rings. The molecule has 180 valence electrons. The molecule has 1 amide bonds. The Morgan fingerprint density at radius 3 is 2.61 bits per heavy atom. The third kappa shape index (κ3) is 9.21. The number of hydrogen-bond acceptors (Lipinski definition) is 7. The van der Waals surface area contributed by atoms with Crippen LogP contribution in [0.1, 0.15) is 12.8 Å². The van der Waals surface area contributed by atoms with E-state index in [4.69, 9.17) is 5.41 Å². The number of carbonyl (C=O) groups excluding carboxylic acids is 2. The number of halogens is 1. The summed E-state index contributed by atoms with van der Waals surface area (Å²) in [5.74, 6) is -1.30. The number of aldehydes is 1. The van der Waals surface area contributed by atoms with Crippen LogP contribution in [0.2, 0.25) is 0 Å². The Balaban J connectivity index is 0.00000172. The number of nitrogens with two attached hydrogens (primary N) is 1. The van der Waals surface area contributed by atoms with E-state index in [2.05, 4.69) is 21.1 Å². The first kappa shape index (κ1) is 27.5. The van der Waals surface area contributed by atoms with Crippen LogP contribution < -0.4 is 26.6 Å². The Kier molecular flexibility index (Phi) is 11.4. The minimum atomic E-state index is -4.20. The van der Waals surface area contributed by atoms with Crippen LogP contribution in [0, 0.1) is 11.2 Å². The van der Waals surface area contributed by atoms with Crippen molar-refractivity contribution in [3.8, 4) is 0 Å². The van der Waals surface area contributed by atoms with Crippen LogP contribution in [0.3, 0.4) is 0 Å². The van der Waals surface area contributed by atoms with Crippen LogP contribution in [0.25, 0.3) is 0 Å². The van der Waals surface area contributed by atoms with Gasteiger partial charge in [-0.05, 0) is 56.8 Å². The Labute approximate surface area is 190 Å². The predicted molar refractivity (Wildman–Crippen MR) is 122 cm³/mol. The normalized spacial score (nSPS) is 11.5. The summed E-state index contributed by atoms with van der Waals surface area (Å²) in [6.07, 6.45) is 3.81. The van der Waals surface area contributed by atoms with Gasteiger partial charge in [-0.15, -0.1) is 0 Å². The van der Waals surface area contributed by atoms with Crippen molar-refractivity contribution >= 4 is 34.2 Å². The number of benzene rings is 1. The maximum atomic E-state index is 13.3. The van der Waals surface area contributed by atoms with E-state index in [0.717, 1.165) is 23.0 Å². The minimum Gasteiger partial charge on any atom is -0.390 e. The monoisotopic (exact) mass is 482 g/mol. The predicted octanol–water partition coefficient (Wildman–Crippen LogP) is 0.0237. The zero-order chi connectivity index (χ0) is 24.9. The van der Waals surface area contributed by atoms with Gasteiger partial charge in [-0.3, -0.25) is 19.7 Å². The van der Waals surface area contributed by atoms with Crippen molar-refractivity contribution in [2.75, 3.05) is 18.3 Å². The van der Waals surface area contributed by atoms with Crippen LogP contribution in [-0.4, -0.2) is 51.2 Å². The van der Waals surface area contributed by atoms with Crippen LogP contribution >= 0.6 is 0 Å². The molecule has 1 aromatic carbocycles. The Morgan fingerprint density at radius 2 is 2.00 bits per heavy atom. The smallest absolute Gasteiger partial charge is 0.275 e. The second kappa shape index (κ2) is 13.8. The van der Waals surface area contributed by atoms with Gasteiger partial charge < -0.3 is 25.7 Å². The SMILES string of the molecule is CNCCC[C@@H](C=O)NC(=O)Cn1cccc(NS(=O)(=O)c2cccc(F)c2)c1=O.N=CN. The average Bonchev–Trinajstić information content (AvgIpc) is 2.76. The molecule has 0 radical (unpaired) electrons. The highest BCUT2D eigenvalue weighted by atomic mass is 32.2. The average molecular weight is 483 g/mol. The molecule has 33 heavy (non-hydrogen) atoms.